The van der Waals surface area contributed by atoms with Gasteiger partial charge in [-0.05, 0) is 90.4 Å². The van der Waals surface area contributed by atoms with E-state index < -0.39 is 0 Å². The Balaban J connectivity index is 1.34. The van der Waals surface area contributed by atoms with Crippen molar-refractivity contribution in [2.24, 2.45) is 0 Å². The van der Waals surface area contributed by atoms with E-state index in [1.807, 2.05) is 0 Å². The zero-order valence-electron chi connectivity index (χ0n) is 32.8. The van der Waals surface area contributed by atoms with Crippen molar-refractivity contribution in [2.75, 3.05) is 4.90 Å². The highest BCUT2D eigenvalue weighted by Gasteiger charge is 2.24. The third-order valence-corrected chi connectivity index (χ3v) is 10.8. The third kappa shape index (κ3) is 7.23. The number of hydrogen-bond acceptors (Lipinski definition) is 1. The lowest BCUT2D eigenvalue weighted by molar-refractivity contribution is 0.569. The van der Waals surface area contributed by atoms with Crippen molar-refractivity contribution in [3.63, 3.8) is 0 Å². The van der Waals surface area contributed by atoms with E-state index in [9.17, 15) is 0 Å². The first-order valence-corrected chi connectivity index (χ1v) is 19.4. The van der Waals surface area contributed by atoms with Crippen molar-refractivity contribution < 1.29 is 0 Å². The van der Waals surface area contributed by atoms with Gasteiger partial charge in [-0.1, -0.05) is 205 Å². The molecule has 0 aliphatic carbocycles. The van der Waals surface area contributed by atoms with Crippen LogP contribution in [0.1, 0.15) is 52.7 Å². The van der Waals surface area contributed by atoms with Gasteiger partial charge in [-0.3, -0.25) is 0 Å². The van der Waals surface area contributed by atoms with Crippen molar-refractivity contribution >= 4 is 27.8 Å². The van der Waals surface area contributed by atoms with Gasteiger partial charge >= 0.3 is 0 Å². The van der Waals surface area contributed by atoms with Gasteiger partial charge in [0.2, 0.25) is 0 Å². The average molecular weight is 712 g/mol. The molecule has 0 aliphatic heterocycles. The van der Waals surface area contributed by atoms with Crippen molar-refractivity contribution in [1.29, 1.82) is 0 Å². The van der Waals surface area contributed by atoms with E-state index >= 15 is 0 Å². The van der Waals surface area contributed by atoms with Crippen LogP contribution in [0.5, 0.6) is 0 Å². The van der Waals surface area contributed by atoms with Gasteiger partial charge in [0.1, 0.15) is 0 Å². The highest BCUT2D eigenvalue weighted by Crippen LogP contribution is 2.47. The van der Waals surface area contributed by atoms with Crippen LogP contribution in [0.4, 0.5) is 17.1 Å². The van der Waals surface area contributed by atoms with Gasteiger partial charge in [-0.2, -0.15) is 0 Å². The molecule has 8 aromatic carbocycles. The van der Waals surface area contributed by atoms with Gasteiger partial charge in [-0.25, -0.2) is 0 Å². The van der Waals surface area contributed by atoms with Crippen LogP contribution in [-0.2, 0) is 10.8 Å². The van der Waals surface area contributed by atoms with Crippen molar-refractivity contribution in [3.8, 4) is 44.5 Å². The van der Waals surface area contributed by atoms with Gasteiger partial charge in [0.25, 0.3) is 0 Å². The number of anilines is 3. The summed E-state index contributed by atoms with van der Waals surface area (Å²) in [6, 6.07) is 68.9. The smallest absolute Gasteiger partial charge is 0.0540 e. The summed E-state index contributed by atoms with van der Waals surface area (Å²) in [7, 11) is 0. The molecule has 0 aliphatic rings. The van der Waals surface area contributed by atoms with Gasteiger partial charge in [0, 0.05) is 16.8 Å². The number of nitrogens with zero attached hydrogens (tertiary/aromatic N) is 1. The molecule has 8 rings (SSSR count). The van der Waals surface area contributed by atoms with E-state index in [4.69, 9.17) is 0 Å². The molecule has 0 heterocycles. The molecule has 1 nitrogen and oxygen atoms in total. The number of hydrogen-bond donors (Lipinski definition) is 0. The molecule has 0 saturated heterocycles. The average Bonchev–Trinajstić information content (AvgIpc) is 3.21. The topological polar surface area (TPSA) is 3.24 Å². The fourth-order valence-corrected chi connectivity index (χ4v) is 7.72. The molecule has 8 aromatic rings. The minimum Gasteiger partial charge on any atom is -0.309 e. The number of rotatable bonds is 7. The summed E-state index contributed by atoms with van der Waals surface area (Å²) in [6.07, 6.45) is 0. The number of para-hydroxylation sites is 3. The molecule has 0 atom stereocenters. The second kappa shape index (κ2) is 14.6. The lowest BCUT2D eigenvalue weighted by Crippen LogP contribution is -2.16. The summed E-state index contributed by atoms with van der Waals surface area (Å²) in [5.41, 5.74) is 15.8. The molecular weight excluding hydrogens is 663 g/mol. The van der Waals surface area contributed by atoms with Crippen molar-refractivity contribution in [1.82, 2.24) is 0 Å². The van der Waals surface area contributed by atoms with Crippen LogP contribution in [0.3, 0.4) is 0 Å². The van der Waals surface area contributed by atoms with Crippen molar-refractivity contribution in [3.05, 3.63) is 199 Å². The third-order valence-electron chi connectivity index (χ3n) is 10.8. The molecule has 0 amide bonds. The summed E-state index contributed by atoms with van der Waals surface area (Å²) >= 11 is 0. The van der Waals surface area contributed by atoms with Crippen LogP contribution in [0.25, 0.3) is 55.3 Å². The fraction of sp³-hybridized carbons (Fsp3) is 0.148. The van der Waals surface area contributed by atoms with E-state index in [1.165, 1.54) is 66.4 Å². The van der Waals surface area contributed by atoms with Crippen LogP contribution in [0, 0.1) is 0 Å². The van der Waals surface area contributed by atoms with Crippen LogP contribution in [0.15, 0.2) is 188 Å². The monoisotopic (exact) mass is 711 g/mol. The highest BCUT2D eigenvalue weighted by molar-refractivity contribution is 6.09. The van der Waals surface area contributed by atoms with E-state index in [0.717, 1.165) is 17.1 Å². The quantitative estimate of drug-likeness (QED) is 0.159. The Morgan fingerprint density at radius 1 is 0.327 bits per heavy atom. The Labute approximate surface area is 327 Å². The molecule has 0 radical (unpaired) electrons. The van der Waals surface area contributed by atoms with Crippen LogP contribution < -0.4 is 4.90 Å². The van der Waals surface area contributed by atoms with Gasteiger partial charge in [0.05, 0.1) is 11.4 Å². The van der Waals surface area contributed by atoms with E-state index in [-0.39, 0.29) is 10.8 Å². The highest BCUT2D eigenvalue weighted by atomic mass is 15.1. The molecule has 0 bridgehead atoms. The lowest BCUT2D eigenvalue weighted by atomic mass is 9.78. The molecule has 55 heavy (non-hydrogen) atoms. The summed E-state index contributed by atoms with van der Waals surface area (Å²) in [5, 5.41) is 2.50. The summed E-state index contributed by atoms with van der Waals surface area (Å²) < 4.78 is 0. The second-order valence-electron chi connectivity index (χ2n) is 16.7. The summed E-state index contributed by atoms with van der Waals surface area (Å²) in [5.74, 6) is 0. The molecule has 270 valence electrons. The predicted molar refractivity (Wildman–Crippen MR) is 238 cm³/mol. The SMILES string of the molecule is CC(C)(C)c1cc(-c2cccc3cccc(-c4ccccc4N(c4ccccc4)c4ccccc4-c4ccc(-c5ccccc5)cc4)c23)cc(C(C)(C)C)c1. The molecule has 0 saturated carbocycles. The Bertz CT molecular complexity index is 2550. The number of benzene rings is 8. The van der Waals surface area contributed by atoms with Crippen LogP contribution >= 0.6 is 0 Å². The summed E-state index contributed by atoms with van der Waals surface area (Å²) in [6.45, 7) is 13.9. The molecular formula is C54H49N. The van der Waals surface area contributed by atoms with Gasteiger partial charge in [-0.15, -0.1) is 0 Å². The minimum absolute atomic E-state index is 0.0153. The Hall–Kier alpha value is -6.18. The predicted octanol–water partition coefficient (Wildman–Crippen LogP) is 15.6. The zero-order valence-corrected chi connectivity index (χ0v) is 32.8. The standard InChI is InChI=1S/C54H49N/c1-53(2,3)43-35-42(36-44(37-43)54(4,5)6)47-27-17-21-41-22-18-28-49(52(41)47)48-26-14-16-30-51(48)55(45-23-11-8-12-24-45)50-29-15-13-25-46(50)40-33-31-39(32-34-40)38-19-9-7-10-20-38/h7-37H,1-6H3. The van der Waals surface area contributed by atoms with E-state index in [2.05, 4.69) is 234 Å². The summed E-state index contributed by atoms with van der Waals surface area (Å²) in [4.78, 5) is 2.44. The lowest BCUT2D eigenvalue weighted by Gasteiger charge is -2.30. The van der Waals surface area contributed by atoms with Crippen LogP contribution in [-0.4, -0.2) is 0 Å². The Morgan fingerprint density at radius 2 is 0.782 bits per heavy atom. The Morgan fingerprint density at radius 3 is 1.38 bits per heavy atom. The first kappa shape index (κ1) is 35.8. The van der Waals surface area contributed by atoms with Gasteiger partial charge in [0.15, 0.2) is 0 Å². The largest absolute Gasteiger partial charge is 0.309 e. The first-order chi connectivity index (χ1) is 26.6. The maximum atomic E-state index is 2.44. The fourth-order valence-electron chi connectivity index (χ4n) is 7.72. The van der Waals surface area contributed by atoms with Crippen molar-refractivity contribution in [2.45, 2.75) is 52.4 Å². The van der Waals surface area contributed by atoms with E-state index in [0.29, 0.717) is 0 Å². The maximum Gasteiger partial charge on any atom is 0.0540 e. The maximum absolute atomic E-state index is 2.44. The zero-order chi connectivity index (χ0) is 38.2. The normalized spacial score (nSPS) is 11.8. The minimum atomic E-state index is 0.0153. The molecule has 1 heteroatoms. The molecule has 0 unspecified atom stereocenters. The molecule has 0 fully saturated rings. The Kier molecular flexibility index (Phi) is 9.49. The van der Waals surface area contributed by atoms with Crippen LogP contribution in [0.2, 0.25) is 0 Å². The molecule has 0 N–H and O–H groups in total. The molecule has 0 aromatic heterocycles. The van der Waals surface area contributed by atoms with E-state index in [1.54, 1.807) is 0 Å². The number of fused-ring (bicyclic) bond motifs is 1. The first-order valence-electron chi connectivity index (χ1n) is 19.4. The second-order valence-corrected chi connectivity index (χ2v) is 16.7. The molecule has 0 spiro atoms. The van der Waals surface area contributed by atoms with Gasteiger partial charge < -0.3 is 4.90 Å².